The fourth-order valence-electron chi connectivity index (χ4n) is 4.37. The maximum absolute atomic E-state index is 12.6. The van der Waals surface area contributed by atoms with Gasteiger partial charge in [0.15, 0.2) is 0 Å². The minimum absolute atomic E-state index is 0.392. The summed E-state index contributed by atoms with van der Waals surface area (Å²) in [6, 6.07) is 17.1. The molecule has 11 heteroatoms. The molecule has 0 bridgehead atoms. The number of fused-ring (bicyclic) bond motifs is 1. The van der Waals surface area contributed by atoms with Gasteiger partial charge in [-0.25, -0.2) is 13.4 Å². The Morgan fingerprint density at radius 2 is 1.77 bits per heavy atom. The molecule has 39 heavy (non-hydrogen) atoms. The Bertz CT molecular complexity index is 1660. The van der Waals surface area contributed by atoms with Gasteiger partial charge in [0.25, 0.3) is 0 Å². The molecule has 3 heterocycles. The first-order valence-electron chi connectivity index (χ1n) is 12.8. The van der Waals surface area contributed by atoms with Crippen LogP contribution in [0.3, 0.4) is 0 Å². The van der Waals surface area contributed by atoms with E-state index in [9.17, 15) is 13.7 Å². The van der Waals surface area contributed by atoms with Gasteiger partial charge in [0.2, 0.25) is 16.0 Å². The summed E-state index contributed by atoms with van der Waals surface area (Å²) in [5, 5.41) is 13.9. The highest BCUT2D eigenvalue weighted by Crippen LogP contribution is 2.28. The van der Waals surface area contributed by atoms with Crippen LogP contribution >= 0.6 is 0 Å². The molecule has 0 unspecified atom stereocenters. The highest BCUT2D eigenvalue weighted by Gasteiger charge is 2.29. The van der Waals surface area contributed by atoms with Crippen molar-refractivity contribution in [3.8, 4) is 11.8 Å². The van der Waals surface area contributed by atoms with Crippen molar-refractivity contribution in [1.29, 1.82) is 5.26 Å². The number of nitrogens with one attached hydrogen (secondary N) is 2. The second-order valence-electron chi connectivity index (χ2n) is 10.7. The third kappa shape index (κ3) is 5.53. The highest BCUT2D eigenvalue weighted by molar-refractivity contribution is 7.94. The number of piperazine rings is 1. The van der Waals surface area contributed by atoms with E-state index < -0.39 is 14.8 Å². The molecule has 0 atom stereocenters. The van der Waals surface area contributed by atoms with Crippen LogP contribution in [0.15, 0.2) is 60.9 Å². The summed E-state index contributed by atoms with van der Waals surface area (Å²) in [5.41, 5.74) is 4.15. The number of likely N-dealkylation sites (N-methyl/N-ethyl adjacent to an activating group) is 1. The Labute approximate surface area is 229 Å². The van der Waals surface area contributed by atoms with Crippen LogP contribution in [0.2, 0.25) is 0 Å². The number of hydrogen-bond acceptors (Lipinski definition) is 8. The first-order valence-corrected chi connectivity index (χ1v) is 14.2. The minimum Gasteiger partial charge on any atom is -0.368 e. The van der Waals surface area contributed by atoms with Crippen molar-refractivity contribution in [2.45, 2.75) is 25.5 Å². The van der Waals surface area contributed by atoms with E-state index in [1.54, 1.807) is 45.2 Å². The van der Waals surface area contributed by atoms with Gasteiger partial charge in [0, 0.05) is 55.3 Å². The van der Waals surface area contributed by atoms with Gasteiger partial charge in [-0.05, 0) is 70.3 Å². The number of anilines is 4. The third-order valence-corrected chi connectivity index (χ3v) is 8.94. The lowest BCUT2D eigenvalue weighted by Crippen LogP contribution is -2.44. The van der Waals surface area contributed by atoms with Gasteiger partial charge in [-0.2, -0.15) is 10.2 Å². The molecule has 0 radical (unpaired) electrons. The van der Waals surface area contributed by atoms with Crippen LogP contribution in [0.4, 0.5) is 23.0 Å². The molecule has 1 fully saturated rings. The van der Waals surface area contributed by atoms with Crippen molar-refractivity contribution in [3.63, 3.8) is 0 Å². The molecule has 0 spiro atoms. The third-order valence-electron chi connectivity index (χ3n) is 6.83. The van der Waals surface area contributed by atoms with Crippen molar-refractivity contribution in [3.05, 3.63) is 66.5 Å². The number of aromatic nitrogens is 3. The van der Waals surface area contributed by atoms with Crippen LogP contribution in [0.5, 0.6) is 0 Å². The standard InChI is InChI=1S/C28H32N8O2S/c1-28(2,3)39(37,38)33-23-6-5-7-24(17-23)36-11-10-20-19-30-27(32-26(20)36)31-22-8-9-25(21(16-22)18-29)35-14-12-34(4)13-15-35/h5-11,16-17,19,33H,12-15H2,1-4H3,(H,30,31,32). The molecule has 202 valence electrons. The van der Waals surface area contributed by atoms with Gasteiger partial charge >= 0.3 is 0 Å². The molecule has 5 rings (SSSR count). The van der Waals surface area contributed by atoms with Crippen LogP contribution < -0.4 is 14.9 Å². The number of benzene rings is 2. The lowest BCUT2D eigenvalue weighted by Gasteiger charge is -2.34. The van der Waals surface area contributed by atoms with E-state index >= 15 is 0 Å². The highest BCUT2D eigenvalue weighted by atomic mass is 32.2. The monoisotopic (exact) mass is 544 g/mol. The Kier molecular flexibility index (Phi) is 6.92. The second kappa shape index (κ2) is 10.2. The van der Waals surface area contributed by atoms with E-state index in [0.717, 1.165) is 48.6 Å². The fraction of sp³-hybridized carbons (Fsp3) is 0.321. The van der Waals surface area contributed by atoms with E-state index in [1.807, 2.05) is 41.1 Å². The maximum Gasteiger partial charge on any atom is 0.237 e. The Morgan fingerprint density at radius 1 is 1.00 bits per heavy atom. The summed E-state index contributed by atoms with van der Waals surface area (Å²) in [6.07, 6.45) is 3.61. The average Bonchev–Trinajstić information content (AvgIpc) is 3.32. The van der Waals surface area contributed by atoms with Crippen molar-refractivity contribution in [2.24, 2.45) is 0 Å². The van der Waals surface area contributed by atoms with Crippen molar-refractivity contribution >= 4 is 44.1 Å². The number of rotatable bonds is 6. The van der Waals surface area contributed by atoms with E-state index in [1.165, 1.54) is 0 Å². The normalized spacial score (nSPS) is 14.8. The number of hydrogen-bond donors (Lipinski definition) is 2. The van der Waals surface area contributed by atoms with E-state index in [-0.39, 0.29) is 0 Å². The molecule has 2 aromatic heterocycles. The summed E-state index contributed by atoms with van der Waals surface area (Å²) >= 11 is 0. The molecule has 1 aliphatic rings. The zero-order valence-corrected chi connectivity index (χ0v) is 23.3. The van der Waals surface area contributed by atoms with Gasteiger partial charge in [-0.1, -0.05) is 6.07 Å². The van der Waals surface area contributed by atoms with Crippen molar-refractivity contribution < 1.29 is 8.42 Å². The zero-order chi connectivity index (χ0) is 27.8. The quantitative estimate of drug-likeness (QED) is 0.368. The Balaban J connectivity index is 1.41. The molecular weight excluding hydrogens is 512 g/mol. The first kappa shape index (κ1) is 26.5. The van der Waals surface area contributed by atoms with Crippen LogP contribution in [0, 0.1) is 11.3 Å². The Morgan fingerprint density at radius 3 is 2.49 bits per heavy atom. The van der Waals surface area contributed by atoms with E-state index in [4.69, 9.17) is 4.98 Å². The van der Waals surface area contributed by atoms with Crippen molar-refractivity contribution in [1.82, 2.24) is 19.4 Å². The fourth-order valence-corrected chi connectivity index (χ4v) is 5.11. The summed E-state index contributed by atoms with van der Waals surface area (Å²) in [5.74, 6) is 0.392. The molecule has 1 aliphatic heterocycles. The van der Waals surface area contributed by atoms with E-state index in [2.05, 4.69) is 37.9 Å². The molecular formula is C28H32N8O2S. The van der Waals surface area contributed by atoms with Gasteiger partial charge in [0.05, 0.1) is 21.7 Å². The predicted molar refractivity (Wildman–Crippen MR) is 155 cm³/mol. The van der Waals surface area contributed by atoms with Crippen LogP contribution in [-0.4, -0.2) is 65.8 Å². The molecule has 0 saturated carbocycles. The number of nitriles is 1. The van der Waals surface area contributed by atoms with Crippen LogP contribution in [-0.2, 0) is 10.0 Å². The lowest BCUT2D eigenvalue weighted by atomic mass is 10.1. The average molecular weight is 545 g/mol. The van der Waals surface area contributed by atoms with Crippen LogP contribution in [0.25, 0.3) is 16.7 Å². The maximum atomic E-state index is 12.6. The van der Waals surface area contributed by atoms with Gasteiger partial charge in [-0.15, -0.1) is 0 Å². The number of sulfonamides is 1. The smallest absolute Gasteiger partial charge is 0.237 e. The topological polar surface area (TPSA) is 119 Å². The second-order valence-corrected chi connectivity index (χ2v) is 13.1. The first-order chi connectivity index (χ1) is 18.5. The molecule has 2 N–H and O–H groups in total. The van der Waals surface area contributed by atoms with Gasteiger partial charge in [0.1, 0.15) is 11.7 Å². The minimum atomic E-state index is -3.56. The molecule has 4 aromatic rings. The van der Waals surface area contributed by atoms with Crippen LogP contribution in [0.1, 0.15) is 26.3 Å². The molecule has 10 nitrogen and oxygen atoms in total. The van der Waals surface area contributed by atoms with Crippen molar-refractivity contribution in [2.75, 3.05) is 48.2 Å². The predicted octanol–water partition coefficient (Wildman–Crippen LogP) is 4.33. The molecule has 2 aromatic carbocycles. The van der Waals surface area contributed by atoms with E-state index in [0.29, 0.717) is 22.8 Å². The number of nitrogens with zero attached hydrogens (tertiary/aromatic N) is 6. The molecule has 1 saturated heterocycles. The Hall–Kier alpha value is -4.14. The largest absolute Gasteiger partial charge is 0.368 e. The molecule has 0 aliphatic carbocycles. The summed E-state index contributed by atoms with van der Waals surface area (Å²) < 4.78 is 28.9. The van der Waals surface area contributed by atoms with Gasteiger partial charge in [-0.3, -0.25) is 4.72 Å². The summed E-state index contributed by atoms with van der Waals surface area (Å²) in [7, 11) is -1.46. The summed E-state index contributed by atoms with van der Waals surface area (Å²) in [6.45, 7) is 8.66. The molecule has 0 amide bonds. The summed E-state index contributed by atoms with van der Waals surface area (Å²) in [4.78, 5) is 13.7. The SMILES string of the molecule is CN1CCN(c2ccc(Nc3ncc4ccn(-c5cccc(NS(=O)(=O)C(C)(C)C)c5)c4n3)cc2C#N)CC1. The zero-order valence-electron chi connectivity index (χ0n) is 22.5. The van der Waals surface area contributed by atoms with Gasteiger partial charge < -0.3 is 19.7 Å². The lowest BCUT2D eigenvalue weighted by molar-refractivity contribution is 0.313.